The van der Waals surface area contributed by atoms with Crippen LogP contribution in [-0.4, -0.2) is 24.8 Å². The number of hydrogen-bond acceptors (Lipinski definition) is 7. The van der Waals surface area contributed by atoms with Crippen LogP contribution in [0.1, 0.15) is 5.89 Å². The Hall–Kier alpha value is -2.07. The van der Waals surface area contributed by atoms with Crippen molar-refractivity contribution in [3.8, 4) is 10.7 Å². The SMILES string of the molecule is O=[N+]([O-])c1nn(Cc2nc(-c3cccs3)no2)cc1Br. The quantitative estimate of drug-likeness (QED) is 0.526. The Morgan fingerprint density at radius 3 is 3.05 bits per heavy atom. The minimum Gasteiger partial charge on any atom is -0.358 e. The van der Waals surface area contributed by atoms with Crippen LogP contribution in [0.15, 0.2) is 32.7 Å². The molecule has 0 amide bonds. The fraction of sp³-hybridized carbons (Fsp3) is 0.100. The normalized spacial score (nSPS) is 10.8. The van der Waals surface area contributed by atoms with Gasteiger partial charge in [-0.25, -0.2) is 0 Å². The average Bonchev–Trinajstić information content (AvgIpc) is 3.09. The van der Waals surface area contributed by atoms with Crippen LogP contribution in [0.4, 0.5) is 5.82 Å². The van der Waals surface area contributed by atoms with Crippen molar-refractivity contribution < 1.29 is 9.45 Å². The molecule has 3 aromatic heterocycles. The number of aromatic nitrogens is 4. The van der Waals surface area contributed by atoms with Gasteiger partial charge >= 0.3 is 5.82 Å². The van der Waals surface area contributed by atoms with Gasteiger partial charge < -0.3 is 14.6 Å². The number of nitro groups is 1. The third-order valence-corrected chi connectivity index (χ3v) is 3.80. The van der Waals surface area contributed by atoms with Crippen LogP contribution in [0.3, 0.4) is 0 Å². The van der Waals surface area contributed by atoms with E-state index in [1.165, 1.54) is 22.2 Å². The first-order valence-corrected chi connectivity index (χ1v) is 7.04. The minimum atomic E-state index is -0.564. The maximum Gasteiger partial charge on any atom is 0.404 e. The van der Waals surface area contributed by atoms with E-state index < -0.39 is 4.92 Å². The zero-order chi connectivity index (χ0) is 14.1. The van der Waals surface area contributed by atoms with Crippen molar-refractivity contribution in [2.45, 2.75) is 6.54 Å². The molecule has 0 bridgehead atoms. The van der Waals surface area contributed by atoms with E-state index in [2.05, 4.69) is 31.2 Å². The Labute approximate surface area is 124 Å². The van der Waals surface area contributed by atoms with Gasteiger partial charge in [0.1, 0.15) is 11.0 Å². The molecular formula is C10H6BrN5O3S. The van der Waals surface area contributed by atoms with E-state index >= 15 is 0 Å². The molecule has 3 heterocycles. The fourth-order valence-corrected chi connectivity index (χ4v) is 2.66. The molecule has 20 heavy (non-hydrogen) atoms. The largest absolute Gasteiger partial charge is 0.404 e. The van der Waals surface area contributed by atoms with Gasteiger partial charge in [0, 0.05) is 0 Å². The lowest BCUT2D eigenvalue weighted by molar-refractivity contribution is -0.390. The second kappa shape index (κ2) is 5.13. The summed E-state index contributed by atoms with van der Waals surface area (Å²) in [4.78, 5) is 15.2. The smallest absolute Gasteiger partial charge is 0.358 e. The van der Waals surface area contributed by atoms with Gasteiger partial charge in [-0.3, -0.25) is 0 Å². The Bertz CT molecular complexity index is 751. The molecule has 0 aliphatic carbocycles. The van der Waals surface area contributed by atoms with Crippen molar-refractivity contribution in [2.75, 3.05) is 0 Å². The molecule has 0 fully saturated rings. The third kappa shape index (κ3) is 2.47. The van der Waals surface area contributed by atoms with Crippen LogP contribution < -0.4 is 0 Å². The van der Waals surface area contributed by atoms with Crippen molar-refractivity contribution in [2.24, 2.45) is 0 Å². The summed E-state index contributed by atoms with van der Waals surface area (Å²) < 4.78 is 6.78. The summed E-state index contributed by atoms with van der Waals surface area (Å²) in [5.41, 5.74) is 0. The van der Waals surface area contributed by atoms with Gasteiger partial charge in [0.15, 0.2) is 0 Å². The molecule has 0 spiro atoms. The van der Waals surface area contributed by atoms with Crippen molar-refractivity contribution in [3.05, 3.63) is 44.2 Å². The lowest BCUT2D eigenvalue weighted by Crippen LogP contribution is -2.01. The van der Waals surface area contributed by atoms with Crippen molar-refractivity contribution >= 4 is 33.1 Å². The highest BCUT2D eigenvalue weighted by atomic mass is 79.9. The molecule has 0 saturated carbocycles. The molecule has 3 aromatic rings. The topological polar surface area (TPSA) is 99.9 Å². The van der Waals surface area contributed by atoms with Gasteiger partial charge in [0.2, 0.25) is 5.82 Å². The molecule has 0 atom stereocenters. The zero-order valence-corrected chi connectivity index (χ0v) is 12.2. The molecule has 0 aliphatic rings. The highest BCUT2D eigenvalue weighted by Gasteiger charge is 2.20. The Morgan fingerprint density at radius 1 is 1.55 bits per heavy atom. The van der Waals surface area contributed by atoms with E-state index in [-0.39, 0.29) is 12.4 Å². The van der Waals surface area contributed by atoms with Crippen LogP contribution in [0.5, 0.6) is 0 Å². The summed E-state index contributed by atoms with van der Waals surface area (Å²) in [6.07, 6.45) is 1.49. The lowest BCUT2D eigenvalue weighted by atomic mass is 10.4. The zero-order valence-electron chi connectivity index (χ0n) is 9.76. The average molecular weight is 356 g/mol. The molecule has 0 aliphatic heterocycles. The molecule has 0 unspecified atom stereocenters. The van der Waals surface area contributed by atoms with Gasteiger partial charge in [0.25, 0.3) is 5.89 Å². The first-order chi connectivity index (χ1) is 9.63. The fourth-order valence-electron chi connectivity index (χ4n) is 1.56. The van der Waals surface area contributed by atoms with E-state index in [0.29, 0.717) is 16.2 Å². The predicted molar refractivity (Wildman–Crippen MR) is 73.3 cm³/mol. The van der Waals surface area contributed by atoms with Gasteiger partial charge in [-0.1, -0.05) is 11.2 Å². The van der Waals surface area contributed by atoms with Crippen molar-refractivity contribution in [1.82, 2.24) is 19.9 Å². The van der Waals surface area contributed by atoms with E-state index in [1.54, 1.807) is 0 Å². The molecule has 0 saturated heterocycles. The van der Waals surface area contributed by atoms with Crippen LogP contribution >= 0.6 is 27.3 Å². The molecular weight excluding hydrogens is 350 g/mol. The van der Waals surface area contributed by atoms with E-state index in [9.17, 15) is 10.1 Å². The molecule has 0 N–H and O–H groups in total. The minimum absolute atomic E-state index is 0.171. The maximum absolute atomic E-state index is 10.7. The van der Waals surface area contributed by atoms with E-state index in [4.69, 9.17) is 4.52 Å². The van der Waals surface area contributed by atoms with Crippen molar-refractivity contribution in [1.29, 1.82) is 0 Å². The third-order valence-electron chi connectivity index (χ3n) is 2.38. The molecule has 102 valence electrons. The first-order valence-electron chi connectivity index (χ1n) is 5.37. The summed E-state index contributed by atoms with van der Waals surface area (Å²) in [6.45, 7) is 0.171. The van der Waals surface area contributed by atoms with E-state index in [1.807, 2.05) is 17.5 Å². The lowest BCUT2D eigenvalue weighted by Gasteiger charge is -1.88. The molecule has 0 radical (unpaired) electrons. The Morgan fingerprint density at radius 2 is 2.40 bits per heavy atom. The summed E-state index contributed by atoms with van der Waals surface area (Å²) >= 11 is 4.58. The van der Waals surface area contributed by atoms with Crippen LogP contribution in [0, 0.1) is 10.1 Å². The number of rotatable bonds is 4. The van der Waals surface area contributed by atoms with E-state index in [0.717, 1.165) is 4.88 Å². The highest BCUT2D eigenvalue weighted by Crippen LogP contribution is 2.24. The number of thiophene rings is 1. The second-order valence-electron chi connectivity index (χ2n) is 3.74. The first kappa shape index (κ1) is 12.9. The number of nitrogens with zero attached hydrogens (tertiary/aromatic N) is 5. The van der Waals surface area contributed by atoms with Gasteiger partial charge in [-0.05, 0) is 32.3 Å². The highest BCUT2D eigenvalue weighted by molar-refractivity contribution is 9.10. The second-order valence-corrected chi connectivity index (χ2v) is 5.55. The summed E-state index contributed by atoms with van der Waals surface area (Å²) in [5.74, 6) is 0.581. The van der Waals surface area contributed by atoms with Crippen LogP contribution in [0.2, 0.25) is 0 Å². The molecule has 0 aromatic carbocycles. The summed E-state index contributed by atoms with van der Waals surface area (Å²) in [5, 5.41) is 20.3. The van der Waals surface area contributed by atoms with Crippen LogP contribution in [0.25, 0.3) is 10.7 Å². The van der Waals surface area contributed by atoms with Crippen molar-refractivity contribution in [3.63, 3.8) is 0 Å². The van der Waals surface area contributed by atoms with Gasteiger partial charge in [-0.15, -0.1) is 11.3 Å². The summed E-state index contributed by atoms with van der Waals surface area (Å²) in [7, 11) is 0. The maximum atomic E-state index is 10.7. The molecule has 10 heteroatoms. The number of halogens is 1. The monoisotopic (exact) mass is 355 g/mol. The van der Waals surface area contributed by atoms with Crippen LogP contribution in [-0.2, 0) is 6.54 Å². The summed E-state index contributed by atoms with van der Waals surface area (Å²) in [6, 6.07) is 3.78. The number of hydrogen-bond donors (Lipinski definition) is 0. The van der Waals surface area contributed by atoms with Gasteiger partial charge in [-0.2, -0.15) is 9.67 Å². The van der Waals surface area contributed by atoms with Gasteiger partial charge in [0.05, 0.1) is 16.2 Å². The Kier molecular flexibility index (Phi) is 3.32. The predicted octanol–water partition coefficient (Wildman–Crippen LogP) is 2.71. The Balaban J connectivity index is 1.82. The molecule has 8 nitrogen and oxygen atoms in total. The molecule has 3 rings (SSSR count). The standard InChI is InChI=1S/C10H6BrN5O3S/c11-6-4-15(13-10(6)16(17)18)5-8-12-9(14-19-8)7-2-1-3-20-7/h1-4H,5H2.